The lowest BCUT2D eigenvalue weighted by Gasteiger charge is -2.21. The van der Waals surface area contributed by atoms with Gasteiger partial charge in [-0.15, -0.1) is 0 Å². The van der Waals surface area contributed by atoms with Crippen LogP contribution in [0, 0.1) is 0 Å². The summed E-state index contributed by atoms with van der Waals surface area (Å²) < 4.78 is 15.1. The van der Waals surface area contributed by atoms with Crippen LogP contribution in [0.1, 0.15) is 13.8 Å². The zero-order valence-corrected chi connectivity index (χ0v) is 15.8. The summed E-state index contributed by atoms with van der Waals surface area (Å²) in [7, 11) is -2.95. The van der Waals surface area contributed by atoms with E-state index in [0.717, 1.165) is 26.0 Å². The van der Waals surface area contributed by atoms with Crippen molar-refractivity contribution in [2.24, 2.45) is 0 Å². The minimum atomic E-state index is -2.95. The molecule has 2 aromatic rings. The highest BCUT2D eigenvalue weighted by Gasteiger charge is 2.30. The highest BCUT2D eigenvalue weighted by Crippen LogP contribution is 2.52. The van der Waals surface area contributed by atoms with Gasteiger partial charge in [-0.1, -0.05) is 82.7 Å². The van der Waals surface area contributed by atoms with Gasteiger partial charge in [0.1, 0.15) is 0 Å². The summed E-state index contributed by atoms with van der Waals surface area (Å²) >= 11 is 3.49. The zero-order valence-electron chi connectivity index (χ0n) is 13.4. The lowest BCUT2D eigenvalue weighted by molar-refractivity contribution is 0.591. The lowest BCUT2D eigenvalue weighted by Crippen LogP contribution is -2.17. The molecule has 0 saturated carbocycles. The second kappa shape index (κ2) is 7.77. The molecule has 0 aromatic heterocycles. The standard InChI is InChI=1S/C20H20BrOP/c1-4-9-19(14-16(2)3)23(22,18-11-6-5-7-12-18)20-13-8-10-17(21)15-20/h4-15H,2H2,1,3H3/b9-4-,19-14+. The van der Waals surface area contributed by atoms with E-state index in [0.29, 0.717) is 0 Å². The average Bonchev–Trinajstić information content (AvgIpc) is 2.54. The van der Waals surface area contributed by atoms with Crippen molar-refractivity contribution >= 4 is 33.7 Å². The molecule has 0 heterocycles. The molecule has 0 N–H and O–H groups in total. The Balaban J connectivity index is 2.80. The number of halogens is 1. The molecule has 0 radical (unpaired) electrons. The molecule has 1 unspecified atom stereocenters. The van der Waals surface area contributed by atoms with E-state index in [9.17, 15) is 4.57 Å². The maximum Gasteiger partial charge on any atom is 0.171 e. The van der Waals surface area contributed by atoms with E-state index < -0.39 is 7.14 Å². The van der Waals surface area contributed by atoms with E-state index >= 15 is 0 Å². The third kappa shape index (κ3) is 4.02. The molecule has 0 aliphatic heterocycles. The minimum absolute atomic E-state index is 0.789. The van der Waals surface area contributed by atoms with Crippen molar-refractivity contribution in [2.45, 2.75) is 13.8 Å². The van der Waals surface area contributed by atoms with Gasteiger partial charge in [0.2, 0.25) is 0 Å². The molecule has 2 rings (SSSR count). The SMILES string of the molecule is C=C(C)/C=C(\C=C/C)P(=O)(c1ccccc1)c1cccc(Br)c1. The van der Waals surface area contributed by atoms with Crippen LogP contribution in [0.5, 0.6) is 0 Å². The van der Waals surface area contributed by atoms with Gasteiger partial charge in [-0.25, -0.2) is 0 Å². The minimum Gasteiger partial charge on any atom is -0.309 e. The maximum atomic E-state index is 14.2. The highest BCUT2D eigenvalue weighted by atomic mass is 79.9. The van der Waals surface area contributed by atoms with Gasteiger partial charge in [0.05, 0.1) is 0 Å². The van der Waals surface area contributed by atoms with Crippen LogP contribution in [0.3, 0.4) is 0 Å². The Morgan fingerprint density at radius 1 is 1.09 bits per heavy atom. The molecular weight excluding hydrogens is 367 g/mol. The summed E-state index contributed by atoms with van der Waals surface area (Å²) in [6, 6.07) is 17.4. The summed E-state index contributed by atoms with van der Waals surface area (Å²) in [4.78, 5) is 0. The summed E-state index contributed by atoms with van der Waals surface area (Å²) in [5.74, 6) is 0. The fourth-order valence-electron chi connectivity index (χ4n) is 2.42. The largest absolute Gasteiger partial charge is 0.309 e. The van der Waals surface area contributed by atoms with E-state index in [1.54, 1.807) is 0 Å². The van der Waals surface area contributed by atoms with Gasteiger partial charge in [0.15, 0.2) is 7.14 Å². The summed E-state index contributed by atoms with van der Waals surface area (Å²) in [6.45, 7) is 7.80. The van der Waals surface area contributed by atoms with Crippen LogP contribution < -0.4 is 10.6 Å². The summed E-state index contributed by atoms with van der Waals surface area (Å²) in [5.41, 5.74) is 0.879. The third-order valence-corrected chi connectivity index (χ3v) is 6.92. The molecule has 0 aliphatic rings. The first-order valence-corrected chi connectivity index (χ1v) is 9.90. The maximum absolute atomic E-state index is 14.2. The Morgan fingerprint density at radius 3 is 2.30 bits per heavy atom. The number of allylic oxidation sites excluding steroid dienone is 5. The van der Waals surface area contributed by atoms with Crippen molar-refractivity contribution in [2.75, 3.05) is 0 Å². The van der Waals surface area contributed by atoms with Gasteiger partial charge >= 0.3 is 0 Å². The van der Waals surface area contributed by atoms with Crippen molar-refractivity contribution in [3.05, 3.63) is 94.8 Å². The Hall–Kier alpha value is -1.63. The van der Waals surface area contributed by atoms with Crippen molar-refractivity contribution in [3.8, 4) is 0 Å². The number of hydrogen-bond donors (Lipinski definition) is 0. The van der Waals surface area contributed by atoms with Crippen LogP contribution in [-0.4, -0.2) is 0 Å². The number of hydrogen-bond acceptors (Lipinski definition) is 1. The lowest BCUT2D eigenvalue weighted by atomic mass is 10.3. The molecule has 3 heteroatoms. The van der Waals surface area contributed by atoms with Crippen LogP contribution >= 0.6 is 23.1 Å². The van der Waals surface area contributed by atoms with E-state index in [-0.39, 0.29) is 0 Å². The Labute approximate surface area is 146 Å². The van der Waals surface area contributed by atoms with Crippen molar-refractivity contribution in [3.63, 3.8) is 0 Å². The van der Waals surface area contributed by atoms with Crippen molar-refractivity contribution < 1.29 is 4.57 Å². The van der Waals surface area contributed by atoms with Crippen LogP contribution in [0.15, 0.2) is 94.8 Å². The fraction of sp³-hybridized carbons (Fsp3) is 0.100. The second-order valence-electron chi connectivity index (χ2n) is 5.34. The zero-order chi connectivity index (χ0) is 16.9. The predicted molar refractivity (Wildman–Crippen MR) is 105 cm³/mol. The Bertz CT molecular complexity index is 803. The number of rotatable bonds is 5. The summed E-state index contributed by atoms with van der Waals surface area (Å²) in [5, 5.41) is 2.42. The van der Waals surface area contributed by atoms with Crippen LogP contribution in [-0.2, 0) is 4.57 Å². The molecule has 0 amide bonds. The monoisotopic (exact) mass is 386 g/mol. The van der Waals surface area contributed by atoms with E-state index in [1.165, 1.54) is 0 Å². The Morgan fingerprint density at radius 2 is 1.74 bits per heavy atom. The molecule has 1 nitrogen and oxygen atoms in total. The topological polar surface area (TPSA) is 17.1 Å². The molecular formula is C20H20BrOP. The highest BCUT2D eigenvalue weighted by molar-refractivity contribution is 9.10. The normalized spacial score (nSPS) is 14.7. The molecule has 0 spiro atoms. The van der Waals surface area contributed by atoms with Crippen LogP contribution in [0.25, 0.3) is 0 Å². The van der Waals surface area contributed by atoms with E-state index in [1.807, 2.05) is 86.7 Å². The molecule has 1 atom stereocenters. The summed E-state index contributed by atoms with van der Waals surface area (Å²) in [6.07, 6.45) is 5.75. The quantitative estimate of drug-likeness (QED) is 0.468. The van der Waals surface area contributed by atoms with Crippen LogP contribution in [0.4, 0.5) is 0 Å². The molecule has 23 heavy (non-hydrogen) atoms. The first kappa shape index (κ1) is 17.7. The van der Waals surface area contributed by atoms with Crippen molar-refractivity contribution in [1.82, 2.24) is 0 Å². The second-order valence-corrected chi connectivity index (χ2v) is 9.02. The molecule has 2 aromatic carbocycles. The molecule has 0 aliphatic carbocycles. The van der Waals surface area contributed by atoms with Gasteiger partial charge in [-0.3, -0.25) is 0 Å². The average molecular weight is 387 g/mol. The van der Waals surface area contributed by atoms with Gasteiger partial charge in [-0.2, -0.15) is 0 Å². The first-order chi connectivity index (χ1) is 11.0. The molecule has 0 fully saturated rings. The van der Waals surface area contributed by atoms with Gasteiger partial charge in [0.25, 0.3) is 0 Å². The van der Waals surface area contributed by atoms with Gasteiger partial charge in [0, 0.05) is 20.4 Å². The van der Waals surface area contributed by atoms with Gasteiger partial charge < -0.3 is 4.57 Å². The predicted octanol–water partition coefficient (Wildman–Crippen LogP) is 5.80. The number of benzene rings is 2. The molecule has 0 bridgehead atoms. The van der Waals surface area contributed by atoms with E-state index in [4.69, 9.17) is 0 Å². The first-order valence-electron chi connectivity index (χ1n) is 7.40. The third-order valence-electron chi connectivity index (χ3n) is 3.39. The van der Waals surface area contributed by atoms with Gasteiger partial charge in [-0.05, 0) is 32.1 Å². The smallest absolute Gasteiger partial charge is 0.171 e. The van der Waals surface area contributed by atoms with E-state index in [2.05, 4.69) is 22.5 Å². The van der Waals surface area contributed by atoms with Crippen LogP contribution in [0.2, 0.25) is 0 Å². The van der Waals surface area contributed by atoms with Crippen molar-refractivity contribution in [1.29, 1.82) is 0 Å². The fourth-order valence-corrected chi connectivity index (χ4v) is 5.86. The Kier molecular flexibility index (Phi) is 5.98. The molecule has 118 valence electrons. The molecule has 0 saturated heterocycles.